The van der Waals surface area contributed by atoms with Crippen molar-refractivity contribution in [3.05, 3.63) is 71.8 Å². The quantitative estimate of drug-likeness (QED) is 0.838. The summed E-state index contributed by atoms with van der Waals surface area (Å²) in [7, 11) is 1.89. The summed E-state index contributed by atoms with van der Waals surface area (Å²) < 4.78 is 5.46. The number of alkyl carbamates (subject to hydrolysis) is 1. The second-order valence-electron chi connectivity index (χ2n) is 7.11. The Hall–Kier alpha value is -2.33. The van der Waals surface area contributed by atoms with Gasteiger partial charge in [-0.2, -0.15) is 0 Å². The zero-order chi connectivity index (χ0) is 18.3. The summed E-state index contributed by atoms with van der Waals surface area (Å²) >= 11 is 0. The van der Waals surface area contributed by atoms with E-state index in [9.17, 15) is 4.79 Å². The fraction of sp³-hybridized carbons (Fsp3) is 0.381. The smallest absolute Gasteiger partial charge is 0.407 e. The van der Waals surface area contributed by atoms with Crippen LogP contribution in [-0.2, 0) is 4.74 Å². The summed E-state index contributed by atoms with van der Waals surface area (Å²) in [6.07, 6.45) is -0.399. The molecule has 0 bridgehead atoms. The Morgan fingerprint density at radius 2 is 1.44 bits per heavy atom. The lowest BCUT2D eigenvalue weighted by Gasteiger charge is -2.30. The van der Waals surface area contributed by atoms with E-state index in [4.69, 9.17) is 4.74 Å². The minimum Gasteiger partial charge on any atom is -0.444 e. The number of carbonyl (C=O) groups excluding carboxylic acids is 1. The van der Waals surface area contributed by atoms with Crippen LogP contribution in [0.2, 0.25) is 0 Å². The van der Waals surface area contributed by atoms with Crippen molar-refractivity contribution in [2.24, 2.45) is 0 Å². The van der Waals surface area contributed by atoms with E-state index in [1.165, 1.54) is 0 Å². The van der Waals surface area contributed by atoms with E-state index < -0.39 is 11.7 Å². The number of likely N-dealkylation sites (N-methyl/N-ethyl adjacent to an activating group) is 1. The molecule has 1 amide bonds. The Morgan fingerprint density at radius 3 is 1.84 bits per heavy atom. The summed E-state index contributed by atoms with van der Waals surface area (Å²) in [5, 5.41) is 6.23. The summed E-state index contributed by atoms with van der Waals surface area (Å²) in [6.45, 7) is 6.23. The lowest BCUT2D eigenvalue weighted by molar-refractivity contribution is 0.0500. The molecule has 2 aromatic rings. The van der Waals surface area contributed by atoms with Crippen molar-refractivity contribution in [1.29, 1.82) is 0 Å². The Kier molecular flexibility index (Phi) is 6.59. The second-order valence-corrected chi connectivity index (χ2v) is 7.11. The molecule has 0 saturated carbocycles. The van der Waals surface area contributed by atoms with Crippen molar-refractivity contribution in [2.75, 3.05) is 13.6 Å². The van der Waals surface area contributed by atoms with Gasteiger partial charge in [-0.15, -0.1) is 0 Å². The Bertz CT molecular complexity index is 611. The average molecular weight is 340 g/mol. The first kappa shape index (κ1) is 19.0. The van der Waals surface area contributed by atoms with Crippen LogP contribution in [0.15, 0.2) is 60.7 Å². The molecule has 2 aromatic carbocycles. The van der Waals surface area contributed by atoms with Crippen LogP contribution < -0.4 is 10.6 Å². The second kappa shape index (κ2) is 8.67. The van der Waals surface area contributed by atoms with Crippen LogP contribution in [0, 0.1) is 0 Å². The van der Waals surface area contributed by atoms with E-state index >= 15 is 0 Å². The number of rotatable bonds is 6. The highest BCUT2D eigenvalue weighted by atomic mass is 16.6. The van der Waals surface area contributed by atoms with Crippen LogP contribution in [0.3, 0.4) is 0 Å². The molecule has 0 aromatic heterocycles. The molecule has 25 heavy (non-hydrogen) atoms. The molecule has 4 nitrogen and oxygen atoms in total. The molecule has 1 atom stereocenters. The molecule has 0 unspecified atom stereocenters. The third kappa shape index (κ3) is 5.91. The van der Waals surface area contributed by atoms with Gasteiger partial charge >= 0.3 is 6.09 Å². The summed E-state index contributed by atoms with van der Waals surface area (Å²) in [5.41, 5.74) is 1.79. The predicted octanol–water partition coefficient (Wildman–Crippen LogP) is 3.93. The Morgan fingerprint density at radius 1 is 0.960 bits per heavy atom. The van der Waals surface area contributed by atoms with E-state index in [-0.39, 0.29) is 12.0 Å². The van der Waals surface area contributed by atoms with Crippen molar-refractivity contribution in [2.45, 2.75) is 38.3 Å². The van der Waals surface area contributed by atoms with E-state index in [2.05, 4.69) is 34.9 Å². The van der Waals surface area contributed by atoms with Gasteiger partial charge in [0.15, 0.2) is 0 Å². The number of nitrogens with one attached hydrogen (secondary N) is 2. The van der Waals surface area contributed by atoms with Crippen molar-refractivity contribution >= 4 is 6.09 Å². The molecule has 0 heterocycles. The molecule has 0 aliphatic heterocycles. The minimum absolute atomic E-state index is 0.0300. The molecular formula is C21H28N2O2. The maximum absolute atomic E-state index is 12.3. The van der Waals surface area contributed by atoms with Gasteiger partial charge in [-0.25, -0.2) is 4.79 Å². The lowest BCUT2D eigenvalue weighted by atomic mass is 9.85. The molecule has 2 rings (SSSR count). The monoisotopic (exact) mass is 340 g/mol. The van der Waals surface area contributed by atoms with Gasteiger partial charge in [0.1, 0.15) is 5.60 Å². The molecule has 0 radical (unpaired) electrons. The van der Waals surface area contributed by atoms with Crippen LogP contribution in [-0.4, -0.2) is 31.3 Å². The average Bonchev–Trinajstić information content (AvgIpc) is 2.55. The van der Waals surface area contributed by atoms with Gasteiger partial charge in [-0.05, 0) is 38.9 Å². The van der Waals surface area contributed by atoms with Crippen LogP contribution in [0.1, 0.15) is 37.8 Å². The third-order valence-electron chi connectivity index (χ3n) is 3.85. The number of amides is 1. The Balaban J connectivity index is 2.33. The van der Waals surface area contributed by atoms with E-state index in [0.717, 1.165) is 11.1 Å². The van der Waals surface area contributed by atoms with Crippen molar-refractivity contribution in [3.8, 4) is 0 Å². The van der Waals surface area contributed by atoms with Gasteiger partial charge in [-0.1, -0.05) is 60.7 Å². The highest BCUT2D eigenvalue weighted by molar-refractivity contribution is 5.68. The molecule has 0 fully saturated rings. The zero-order valence-corrected chi connectivity index (χ0v) is 15.5. The Labute approximate surface area is 150 Å². The first-order valence-electron chi connectivity index (χ1n) is 8.64. The van der Waals surface area contributed by atoms with Gasteiger partial charge in [0, 0.05) is 12.5 Å². The number of ether oxygens (including phenoxy) is 1. The van der Waals surface area contributed by atoms with E-state index in [0.29, 0.717) is 6.54 Å². The first-order valence-corrected chi connectivity index (χ1v) is 8.64. The summed E-state index contributed by atoms with van der Waals surface area (Å²) in [4.78, 5) is 12.3. The molecule has 134 valence electrons. The molecule has 0 aliphatic rings. The molecular weight excluding hydrogens is 312 g/mol. The summed E-state index contributed by atoms with van der Waals surface area (Å²) in [5.74, 6) is 0.0300. The summed E-state index contributed by atoms with van der Waals surface area (Å²) in [6, 6.07) is 20.3. The van der Waals surface area contributed by atoms with Gasteiger partial charge < -0.3 is 15.4 Å². The normalized spacial score (nSPS) is 12.7. The molecule has 4 heteroatoms. The largest absolute Gasteiger partial charge is 0.444 e. The van der Waals surface area contributed by atoms with Gasteiger partial charge in [0.05, 0.1) is 6.04 Å². The third-order valence-corrected chi connectivity index (χ3v) is 3.85. The predicted molar refractivity (Wildman–Crippen MR) is 102 cm³/mol. The zero-order valence-electron chi connectivity index (χ0n) is 15.5. The standard InChI is InChI=1S/C21H28N2O2/c1-21(2,3)25-20(24)23-18(15-22-4)19(16-11-7-5-8-12-16)17-13-9-6-10-14-17/h5-14,18-19,22H,15H2,1-4H3,(H,23,24)/t18-/m1/s1. The maximum Gasteiger partial charge on any atom is 0.407 e. The van der Waals surface area contributed by atoms with Crippen molar-refractivity contribution in [3.63, 3.8) is 0 Å². The highest BCUT2D eigenvalue weighted by Gasteiger charge is 2.27. The molecule has 0 spiro atoms. The molecule has 2 N–H and O–H groups in total. The molecule has 0 saturated heterocycles. The fourth-order valence-electron chi connectivity index (χ4n) is 2.91. The van der Waals surface area contributed by atoms with Crippen LogP contribution >= 0.6 is 0 Å². The van der Waals surface area contributed by atoms with Crippen LogP contribution in [0.4, 0.5) is 4.79 Å². The number of carbonyl (C=O) groups is 1. The van der Waals surface area contributed by atoms with Crippen LogP contribution in [0.5, 0.6) is 0 Å². The van der Waals surface area contributed by atoms with E-state index in [1.54, 1.807) is 0 Å². The van der Waals surface area contributed by atoms with Crippen molar-refractivity contribution in [1.82, 2.24) is 10.6 Å². The van der Waals surface area contributed by atoms with E-state index in [1.807, 2.05) is 64.2 Å². The maximum atomic E-state index is 12.3. The minimum atomic E-state index is -0.525. The number of benzene rings is 2. The topological polar surface area (TPSA) is 50.4 Å². The SMILES string of the molecule is CNC[C@@H](NC(=O)OC(C)(C)C)C(c1ccccc1)c1ccccc1. The first-order chi connectivity index (χ1) is 11.9. The number of hydrogen-bond acceptors (Lipinski definition) is 3. The van der Waals surface area contributed by atoms with Gasteiger partial charge in [0.2, 0.25) is 0 Å². The lowest BCUT2D eigenvalue weighted by Crippen LogP contribution is -2.47. The highest BCUT2D eigenvalue weighted by Crippen LogP contribution is 2.28. The van der Waals surface area contributed by atoms with Gasteiger partial charge in [0.25, 0.3) is 0 Å². The van der Waals surface area contributed by atoms with Gasteiger partial charge in [-0.3, -0.25) is 0 Å². The van der Waals surface area contributed by atoms with Crippen LogP contribution in [0.25, 0.3) is 0 Å². The number of hydrogen-bond donors (Lipinski definition) is 2. The molecule has 0 aliphatic carbocycles. The van der Waals surface area contributed by atoms with Crippen molar-refractivity contribution < 1.29 is 9.53 Å². The fourth-order valence-corrected chi connectivity index (χ4v) is 2.91.